The molecule has 3 aliphatic rings. The molecule has 0 saturated heterocycles. The minimum absolute atomic E-state index is 0.0111. The highest BCUT2D eigenvalue weighted by molar-refractivity contribution is 6.28. The molecule has 6 rings (SSSR count). The Morgan fingerprint density at radius 3 is 2.70 bits per heavy atom. The van der Waals surface area contributed by atoms with Gasteiger partial charge in [0, 0.05) is 36.6 Å². The van der Waals surface area contributed by atoms with E-state index in [-0.39, 0.29) is 23.2 Å². The van der Waals surface area contributed by atoms with Gasteiger partial charge >= 0.3 is 5.97 Å². The molecule has 3 aliphatic carbocycles. The fraction of sp³-hybridized carbons (Fsp3) is 0.524. The van der Waals surface area contributed by atoms with E-state index in [1.54, 1.807) is 9.20 Å². The van der Waals surface area contributed by atoms with Gasteiger partial charge in [0.05, 0.1) is 18.7 Å². The number of rotatable bonds is 5. The number of nitrogens with zero attached hydrogens (tertiary/aromatic N) is 5. The summed E-state index contributed by atoms with van der Waals surface area (Å²) in [7, 11) is 1.89. The Kier molecular flexibility index (Phi) is 4.89. The molecule has 0 amide bonds. The number of aromatic nitrogens is 5. The third-order valence-corrected chi connectivity index (χ3v) is 6.72. The Hall–Kier alpha value is -2.61. The maximum atomic E-state index is 12.8. The molecular weight excluding hydrogens is 404 g/mol. The number of esters is 1. The molecule has 1 N–H and O–H groups in total. The molecule has 3 saturated carbocycles. The van der Waals surface area contributed by atoms with Gasteiger partial charge in [-0.15, -0.1) is 5.10 Å². The zero-order valence-corrected chi connectivity index (χ0v) is 17.8. The smallest absolute Gasteiger partial charge is 0.311 e. The summed E-state index contributed by atoms with van der Waals surface area (Å²) in [5.41, 5.74) is 2.79. The van der Waals surface area contributed by atoms with Crippen LogP contribution in [0.5, 0.6) is 0 Å². The molecule has 2 atom stereocenters. The largest absolute Gasteiger partial charge is 0.466 e. The Bertz CT molecular complexity index is 1080. The SMILES string of the molecule is CCOC(=O)[C@H]1[C@H]2CC[C@H](CC2)[C@@H]1Nc1nc(Cl)nn2cc(-c3cnn(C)c3)cc12. The van der Waals surface area contributed by atoms with Crippen LogP contribution in [0.1, 0.15) is 32.6 Å². The molecule has 0 aliphatic heterocycles. The van der Waals surface area contributed by atoms with Gasteiger partial charge in [-0.25, -0.2) is 4.52 Å². The van der Waals surface area contributed by atoms with Crippen molar-refractivity contribution in [3.05, 3.63) is 29.9 Å². The number of hydrogen-bond acceptors (Lipinski definition) is 6. The zero-order valence-electron chi connectivity index (χ0n) is 17.1. The van der Waals surface area contributed by atoms with Crippen LogP contribution in [0.2, 0.25) is 5.28 Å². The summed E-state index contributed by atoms with van der Waals surface area (Å²) in [6, 6.07) is 2.01. The first-order valence-corrected chi connectivity index (χ1v) is 10.9. The monoisotopic (exact) mass is 428 g/mol. The summed E-state index contributed by atoms with van der Waals surface area (Å²) in [6.07, 6.45) is 10.1. The van der Waals surface area contributed by atoms with E-state index in [0.717, 1.165) is 42.3 Å². The summed E-state index contributed by atoms with van der Waals surface area (Å²) in [5.74, 6) is 1.17. The quantitative estimate of drug-likeness (QED) is 0.625. The van der Waals surface area contributed by atoms with E-state index in [1.807, 2.05) is 38.6 Å². The van der Waals surface area contributed by atoms with Crippen LogP contribution in [0, 0.1) is 17.8 Å². The minimum Gasteiger partial charge on any atom is -0.466 e. The maximum absolute atomic E-state index is 12.8. The number of carbonyl (C=O) groups excluding carboxylic acids is 1. The molecule has 3 aromatic rings. The van der Waals surface area contributed by atoms with Crippen molar-refractivity contribution < 1.29 is 9.53 Å². The van der Waals surface area contributed by atoms with Crippen LogP contribution in [0.15, 0.2) is 24.7 Å². The van der Waals surface area contributed by atoms with Gasteiger partial charge < -0.3 is 10.1 Å². The van der Waals surface area contributed by atoms with Crippen LogP contribution < -0.4 is 5.32 Å². The number of nitrogens with one attached hydrogen (secondary N) is 1. The van der Waals surface area contributed by atoms with E-state index >= 15 is 0 Å². The molecule has 0 aromatic carbocycles. The van der Waals surface area contributed by atoms with Crippen molar-refractivity contribution in [1.29, 1.82) is 0 Å². The molecule has 0 spiro atoms. The molecule has 3 aromatic heterocycles. The number of aryl methyl sites for hydroxylation is 1. The predicted molar refractivity (Wildman–Crippen MR) is 113 cm³/mol. The van der Waals surface area contributed by atoms with Crippen LogP contribution in [0.25, 0.3) is 16.6 Å². The van der Waals surface area contributed by atoms with Crippen LogP contribution in [-0.4, -0.2) is 43.0 Å². The topological polar surface area (TPSA) is 86.3 Å². The van der Waals surface area contributed by atoms with Crippen LogP contribution in [0.3, 0.4) is 0 Å². The average Bonchev–Trinajstić information content (AvgIpc) is 3.35. The van der Waals surface area contributed by atoms with Crippen molar-refractivity contribution >= 4 is 28.9 Å². The highest BCUT2D eigenvalue weighted by atomic mass is 35.5. The Balaban J connectivity index is 1.52. The number of anilines is 1. The summed E-state index contributed by atoms with van der Waals surface area (Å²) in [4.78, 5) is 17.3. The normalized spacial score (nSPS) is 25.6. The predicted octanol–water partition coefficient (Wildman–Crippen LogP) is 3.56. The van der Waals surface area contributed by atoms with Gasteiger partial charge in [0.15, 0.2) is 5.82 Å². The van der Waals surface area contributed by atoms with Gasteiger partial charge in [0.25, 0.3) is 0 Å². The number of hydrogen-bond donors (Lipinski definition) is 1. The highest BCUT2D eigenvalue weighted by Gasteiger charge is 2.48. The third kappa shape index (κ3) is 3.33. The van der Waals surface area contributed by atoms with E-state index in [9.17, 15) is 4.79 Å². The standard InChI is InChI=1S/C21H25ClN6O2/c1-3-30-20(29)17-12-4-6-13(7-5-12)18(17)24-19-16-8-14(15-9-23-27(2)10-15)11-28(16)26-21(22)25-19/h8-13,17-18H,3-7H2,1-2H3,(H,24,25,26)/t12-,13+,17-,18-/m0/s1. The van der Waals surface area contributed by atoms with Gasteiger partial charge in [-0.05, 0) is 62.1 Å². The van der Waals surface area contributed by atoms with E-state index in [2.05, 4.69) is 20.5 Å². The number of halogens is 1. The molecule has 158 valence electrons. The first-order valence-electron chi connectivity index (χ1n) is 10.5. The van der Waals surface area contributed by atoms with Crippen molar-refractivity contribution in [2.24, 2.45) is 24.8 Å². The number of ether oxygens (including phenoxy) is 1. The molecule has 8 nitrogen and oxygen atoms in total. The van der Waals surface area contributed by atoms with Crippen molar-refractivity contribution in [3.63, 3.8) is 0 Å². The molecule has 3 fully saturated rings. The van der Waals surface area contributed by atoms with Gasteiger partial charge in [-0.1, -0.05) is 0 Å². The fourth-order valence-corrected chi connectivity index (χ4v) is 5.37. The third-order valence-electron chi connectivity index (χ3n) is 6.56. The molecule has 30 heavy (non-hydrogen) atoms. The van der Waals surface area contributed by atoms with Crippen LogP contribution in [0.4, 0.5) is 5.82 Å². The van der Waals surface area contributed by atoms with Gasteiger partial charge in [-0.2, -0.15) is 10.1 Å². The molecular formula is C21H25ClN6O2. The highest BCUT2D eigenvalue weighted by Crippen LogP contribution is 2.47. The Morgan fingerprint density at radius 1 is 1.23 bits per heavy atom. The average molecular weight is 429 g/mol. The Labute approximate surface area is 179 Å². The summed E-state index contributed by atoms with van der Waals surface area (Å²) >= 11 is 6.24. The van der Waals surface area contributed by atoms with Crippen molar-refractivity contribution in [3.8, 4) is 11.1 Å². The van der Waals surface area contributed by atoms with Gasteiger partial charge in [-0.3, -0.25) is 9.48 Å². The lowest BCUT2D eigenvalue weighted by Crippen LogP contribution is -2.52. The number of carbonyl (C=O) groups is 1. The molecule has 0 radical (unpaired) electrons. The van der Waals surface area contributed by atoms with E-state index in [0.29, 0.717) is 24.3 Å². The lowest BCUT2D eigenvalue weighted by molar-refractivity contribution is -0.154. The summed E-state index contributed by atoms with van der Waals surface area (Å²) in [6.45, 7) is 2.26. The van der Waals surface area contributed by atoms with E-state index in [4.69, 9.17) is 16.3 Å². The van der Waals surface area contributed by atoms with Crippen LogP contribution >= 0.6 is 11.6 Å². The van der Waals surface area contributed by atoms with Crippen LogP contribution in [-0.2, 0) is 16.6 Å². The van der Waals surface area contributed by atoms with Crippen molar-refractivity contribution in [2.45, 2.75) is 38.6 Å². The van der Waals surface area contributed by atoms with Crippen molar-refractivity contribution in [1.82, 2.24) is 24.4 Å². The van der Waals surface area contributed by atoms with Gasteiger partial charge in [0.2, 0.25) is 5.28 Å². The zero-order chi connectivity index (χ0) is 20.8. The first-order chi connectivity index (χ1) is 14.5. The lowest BCUT2D eigenvalue weighted by Gasteiger charge is -2.47. The van der Waals surface area contributed by atoms with E-state index < -0.39 is 0 Å². The van der Waals surface area contributed by atoms with Crippen molar-refractivity contribution in [2.75, 3.05) is 11.9 Å². The second-order valence-electron chi connectivity index (χ2n) is 8.31. The minimum atomic E-state index is -0.154. The van der Waals surface area contributed by atoms with Gasteiger partial charge in [0.1, 0.15) is 5.52 Å². The summed E-state index contributed by atoms with van der Waals surface area (Å²) < 4.78 is 8.92. The lowest BCUT2D eigenvalue weighted by atomic mass is 9.61. The molecule has 0 unspecified atom stereocenters. The van der Waals surface area contributed by atoms with E-state index in [1.165, 1.54) is 0 Å². The Morgan fingerprint density at radius 2 is 2.00 bits per heavy atom. The summed E-state index contributed by atoms with van der Waals surface area (Å²) in [5, 5.41) is 12.3. The second-order valence-corrected chi connectivity index (χ2v) is 8.65. The molecule has 2 bridgehead atoms. The maximum Gasteiger partial charge on any atom is 0.311 e. The first kappa shape index (κ1) is 19.4. The number of fused-ring (bicyclic) bond motifs is 4. The molecule has 9 heteroatoms. The second kappa shape index (κ2) is 7.58. The molecule has 3 heterocycles. The fourth-order valence-electron chi connectivity index (χ4n) is 5.20.